The molecule has 86 valence electrons. The van der Waals surface area contributed by atoms with Gasteiger partial charge in [0.15, 0.2) is 0 Å². The van der Waals surface area contributed by atoms with Crippen LogP contribution in [0.1, 0.15) is 19.5 Å². The van der Waals surface area contributed by atoms with Crippen molar-refractivity contribution in [2.75, 3.05) is 6.26 Å². The Kier molecular flexibility index (Phi) is 3.57. The predicted molar refractivity (Wildman–Crippen MR) is 60.9 cm³/mol. The molecule has 0 unspecified atom stereocenters. The van der Waals surface area contributed by atoms with Crippen LogP contribution in [0.25, 0.3) is 0 Å². The highest BCUT2D eigenvalue weighted by atomic mass is 32.2. The summed E-state index contributed by atoms with van der Waals surface area (Å²) in [5, 5.41) is 0. The van der Waals surface area contributed by atoms with Gasteiger partial charge in [-0.2, -0.15) is 4.31 Å². The van der Waals surface area contributed by atoms with Crippen molar-refractivity contribution < 1.29 is 8.42 Å². The molecule has 0 saturated heterocycles. The Balaban J connectivity index is 2.91. The van der Waals surface area contributed by atoms with Crippen LogP contribution in [0.3, 0.4) is 0 Å². The summed E-state index contributed by atoms with van der Waals surface area (Å²) in [5.41, 5.74) is 0.995. The Morgan fingerprint density at radius 3 is 2.40 bits per heavy atom. The molecule has 1 aromatic rings. The van der Waals surface area contributed by atoms with Crippen molar-refractivity contribution >= 4 is 10.0 Å². The van der Waals surface area contributed by atoms with Gasteiger partial charge < -0.3 is 4.57 Å². The second kappa shape index (κ2) is 4.37. The van der Waals surface area contributed by atoms with Crippen LogP contribution in [-0.2, 0) is 23.6 Å². The lowest BCUT2D eigenvalue weighted by Gasteiger charge is -2.24. The van der Waals surface area contributed by atoms with Crippen LogP contribution in [0.15, 0.2) is 18.3 Å². The van der Waals surface area contributed by atoms with Gasteiger partial charge in [0.05, 0.1) is 12.8 Å². The smallest absolute Gasteiger partial charge is 0.211 e. The van der Waals surface area contributed by atoms with Gasteiger partial charge in [-0.25, -0.2) is 8.42 Å². The highest BCUT2D eigenvalue weighted by molar-refractivity contribution is 7.88. The Morgan fingerprint density at radius 2 is 2.07 bits per heavy atom. The van der Waals surface area contributed by atoms with Crippen molar-refractivity contribution in [3.8, 4) is 0 Å². The van der Waals surface area contributed by atoms with E-state index in [4.69, 9.17) is 0 Å². The molecule has 0 aliphatic carbocycles. The number of hydrogen-bond acceptors (Lipinski definition) is 2. The number of aromatic nitrogens is 1. The fourth-order valence-corrected chi connectivity index (χ4v) is 2.64. The van der Waals surface area contributed by atoms with E-state index in [1.54, 1.807) is 0 Å². The number of rotatable bonds is 4. The van der Waals surface area contributed by atoms with Gasteiger partial charge >= 0.3 is 0 Å². The van der Waals surface area contributed by atoms with Gasteiger partial charge in [-0.3, -0.25) is 0 Å². The maximum Gasteiger partial charge on any atom is 0.211 e. The van der Waals surface area contributed by atoms with E-state index in [-0.39, 0.29) is 6.04 Å². The third kappa shape index (κ3) is 3.07. The summed E-state index contributed by atoms with van der Waals surface area (Å²) in [6, 6.07) is 3.83. The quantitative estimate of drug-likeness (QED) is 0.780. The number of sulfonamides is 1. The Hall–Kier alpha value is -0.810. The summed E-state index contributed by atoms with van der Waals surface area (Å²) in [7, 11) is -1.22. The summed E-state index contributed by atoms with van der Waals surface area (Å²) in [5.74, 6) is 0. The van der Waals surface area contributed by atoms with Crippen molar-refractivity contribution in [2.24, 2.45) is 7.05 Å². The predicted octanol–water partition coefficient (Wildman–Crippen LogP) is 1.20. The molecule has 0 saturated carbocycles. The van der Waals surface area contributed by atoms with E-state index in [9.17, 15) is 8.42 Å². The summed E-state index contributed by atoms with van der Waals surface area (Å²) in [6.07, 6.45) is 3.16. The van der Waals surface area contributed by atoms with Crippen LogP contribution in [0.5, 0.6) is 0 Å². The van der Waals surface area contributed by atoms with Crippen LogP contribution < -0.4 is 0 Å². The van der Waals surface area contributed by atoms with Crippen LogP contribution in [0.2, 0.25) is 0 Å². The zero-order valence-corrected chi connectivity index (χ0v) is 10.5. The van der Waals surface area contributed by atoms with Gasteiger partial charge in [-0.1, -0.05) is 0 Å². The third-order valence-corrected chi connectivity index (χ3v) is 3.77. The molecule has 0 bridgehead atoms. The fourth-order valence-electron chi connectivity index (χ4n) is 1.50. The molecular formula is C10H18N2O2S. The monoisotopic (exact) mass is 230 g/mol. The molecule has 0 spiro atoms. The molecule has 0 aromatic carbocycles. The highest BCUT2D eigenvalue weighted by Gasteiger charge is 2.20. The summed E-state index contributed by atoms with van der Waals surface area (Å²) < 4.78 is 26.5. The lowest BCUT2D eigenvalue weighted by molar-refractivity contribution is 0.344. The van der Waals surface area contributed by atoms with E-state index < -0.39 is 10.0 Å². The van der Waals surface area contributed by atoms with Crippen molar-refractivity contribution in [2.45, 2.75) is 26.4 Å². The average molecular weight is 230 g/mol. The second-order valence-electron chi connectivity index (χ2n) is 4.01. The maximum atomic E-state index is 11.5. The standard InChI is InChI=1S/C10H18N2O2S/c1-9(2)12(15(4,13)14)8-10-6-5-7-11(10)3/h5-7,9H,8H2,1-4H3. The number of aryl methyl sites for hydroxylation is 1. The van der Waals surface area contributed by atoms with Gasteiger partial charge in [0, 0.05) is 25.0 Å². The van der Waals surface area contributed by atoms with E-state index in [2.05, 4.69) is 0 Å². The molecule has 5 heteroatoms. The SMILES string of the molecule is CC(C)N(Cc1cccn1C)S(C)(=O)=O. The van der Waals surface area contributed by atoms with Crippen molar-refractivity contribution in [3.63, 3.8) is 0 Å². The molecule has 1 rings (SSSR count). The second-order valence-corrected chi connectivity index (χ2v) is 5.95. The van der Waals surface area contributed by atoms with Crippen LogP contribution >= 0.6 is 0 Å². The average Bonchev–Trinajstić information content (AvgIpc) is 2.44. The Morgan fingerprint density at radius 1 is 1.47 bits per heavy atom. The van der Waals surface area contributed by atoms with Crippen LogP contribution in [-0.4, -0.2) is 29.6 Å². The topological polar surface area (TPSA) is 42.3 Å². The molecule has 0 amide bonds. The van der Waals surface area contributed by atoms with E-state index in [1.807, 2.05) is 43.8 Å². The first-order valence-corrected chi connectivity index (χ1v) is 6.74. The van der Waals surface area contributed by atoms with Gasteiger partial charge in [0.1, 0.15) is 0 Å². The lowest BCUT2D eigenvalue weighted by Crippen LogP contribution is -2.35. The van der Waals surface area contributed by atoms with E-state index in [0.29, 0.717) is 6.54 Å². The molecular weight excluding hydrogens is 212 g/mol. The Bertz CT molecular complexity index is 420. The normalized spacial score (nSPS) is 12.7. The minimum absolute atomic E-state index is 0.0186. The molecule has 0 atom stereocenters. The maximum absolute atomic E-state index is 11.5. The minimum atomic E-state index is -3.14. The molecule has 1 aromatic heterocycles. The summed E-state index contributed by atoms with van der Waals surface area (Å²) >= 11 is 0. The third-order valence-electron chi connectivity index (χ3n) is 2.37. The first-order valence-electron chi connectivity index (χ1n) is 4.89. The number of nitrogens with zero attached hydrogens (tertiary/aromatic N) is 2. The first kappa shape index (κ1) is 12.3. The summed E-state index contributed by atoms with van der Waals surface area (Å²) in [6.45, 7) is 4.19. The molecule has 0 fully saturated rings. The Labute approximate surface area is 91.6 Å². The lowest BCUT2D eigenvalue weighted by atomic mass is 10.3. The van der Waals surface area contributed by atoms with Gasteiger partial charge in [0.2, 0.25) is 10.0 Å². The zero-order valence-electron chi connectivity index (χ0n) is 9.64. The zero-order chi connectivity index (χ0) is 11.6. The van der Waals surface area contributed by atoms with E-state index in [0.717, 1.165) is 5.69 Å². The first-order chi connectivity index (χ1) is 6.82. The molecule has 0 N–H and O–H groups in total. The van der Waals surface area contributed by atoms with Gasteiger partial charge in [-0.15, -0.1) is 0 Å². The van der Waals surface area contributed by atoms with E-state index >= 15 is 0 Å². The van der Waals surface area contributed by atoms with Crippen molar-refractivity contribution in [3.05, 3.63) is 24.0 Å². The van der Waals surface area contributed by atoms with Gasteiger partial charge in [-0.05, 0) is 26.0 Å². The molecule has 15 heavy (non-hydrogen) atoms. The largest absolute Gasteiger partial charge is 0.353 e. The van der Waals surface area contributed by atoms with Crippen LogP contribution in [0.4, 0.5) is 0 Å². The molecule has 0 aliphatic rings. The summed E-state index contributed by atoms with van der Waals surface area (Å²) in [4.78, 5) is 0. The fraction of sp³-hybridized carbons (Fsp3) is 0.600. The van der Waals surface area contributed by atoms with E-state index in [1.165, 1.54) is 10.6 Å². The van der Waals surface area contributed by atoms with Crippen molar-refractivity contribution in [1.29, 1.82) is 0 Å². The van der Waals surface area contributed by atoms with Gasteiger partial charge in [0.25, 0.3) is 0 Å². The minimum Gasteiger partial charge on any atom is -0.353 e. The highest BCUT2D eigenvalue weighted by Crippen LogP contribution is 2.12. The van der Waals surface area contributed by atoms with Crippen LogP contribution in [0, 0.1) is 0 Å². The molecule has 4 nitrogen and oxygen atoms in total. The molecule has 1 heterocycles. The van der Waals surface area contributed by atoms with Crippen molar-refractivity contribution in [1.82, 2.24) is 8.87 Å². The molecule has 0 aliphatic heterocycles. The number of hydrogen-bond donors (Lipinski definition) is 0. The molecule has 0 radical (unpaired) electrons.